The zero-order valence-electron chi connectivity index (χ0n) is 30.0. The molecule has 4 aliphatic heterocycles. The average Bonchev–Trinajstić information content (AvgIpc) is 3.38. The van der Waals surface area contributed by atoms with Gasteiger partial charge in [-0.3, -0.25) is 9.59 Å². The molecule has 0 spiro atoms. The van der Waals surface area contributed by atoms with E-state index in [0.717, 1.165) is 61.0 Å². The summed E-state index contributed by atoms with van der Waals surface area (Å²) in [6.45, 7) is 15.2. The van der Waals surface area contributed by atoms with Crippen LogP contribution in [-0.2, 0) is 38.1 Å². The van der Waals surface area contributed by atoms with Gasteiger partial charge < -0.3 is 18.9 Å². The van der Waals surface area contributed by atoms with Crippen molar-refractivity contribution in [2.75, 3.05) is 0 Å². The first kappa shape index (κ1) is 35.6. The minimum absolute atomic E-state index is 0.0360. The third kappa shape index (κ3) is 7.63. The van der Waals surface area contributed by atoms with Crippen LogP contribution >= 0.6 is 0 Å². The molecule has 0 saturated heterocycles. The molecule has 0 bridgehead atoms. The van der Waals surface area contributed by atoms with Crippen molar-refractivity contribution in [3.8, 4) is 0 Å². The number of cyclic esters (lactones) is 2. The van der Waals surface area contributed by atoms with E-state index in [1.807, 2.05) is 40.7 Å². The highest BCUT2D eigenvalue weighted by Crippen LogP contribution is 2.58. The zero-order chi connectivity index (χ0) is 35.0. The molecule has 0 aromatic carbocycles. The van der Waals surface area contributed by atoms with E-state index in [0.29, 0.717) is 37.0 Å². The Hall–Kier alpha value is -3.68. The van der Waals surface area contributed by atoms with Crippen LogP contribution in [0.5, 0.6) is 0 Å². The minimum Gasteiger partial charge on any atom is -0.483 e. The molecule has 0 aromatic rings. The van der Waals surface area contributed by atoms with Gasteiger partial charge in [0.15, 0.2) is 11.2 Å². The van der Waals surface area contributed by atoms with Crippen LogP contribution in [0.25, 0.3) is 0 Å². The van der Waals surface area contributed by atoms with E-state index < -0.39 is 16.6 Å². The van der Waals surface area contributed by atoms with Crippen molar-refractivity contribution in [1.29, 1.82) is 0 Å². The summed E-state index contributed by atoms with van der Waals surface area (Å²) in [6, 6.07) is 0. The first-order valence-electron chi connectivity index (χ1n) is 17.5. The van der Waals surface area contributed by atoms with Gasteiger partial charge >= 0.3 is 11.9 Å². The van der Waals surface area contributed by atoms with E-state index in [9.17, 15) is 19.2 Å². The second-order valence-electron chi connectivity index (χ2n) is 15.6. The van der Waals surface area contributed by atoms with E-state index in [2.05, 4.69) is 13.0 Å². The number of hydrogen-bond acceptors (Lipinski definition) is 8. The summed E-state index contributed by atoms with van der Waals surface area (Å²) in [5.74, 6) is 0.680. The minimum atomic E-state index is -1.00. The lowest BCUT2D eigenvalue weighted by Gasteiger charge is -2.41. The molecule has 4 atom stereocenters. The summed E-state index contributed by atoms with van der Waals surface area (Å²) in [7, 11) is 0. The first-order chi connectivity index (χ1) is 22.5. The molecule has 8 heteroatoms. The smallest absolute Gasteiger partial charge is 0.331 e. The maximum Gasteiger partial charge on any atom is 0.331 e. The molecular weight excluding hydrogens is 608 g/mol. The van der Waals surface area contributed by atoms with E-state index in [4.69, 9.17) is 18.9 Å². The molecule has 0 amide bonds. The summed E-state index contributed by atoms with van der Waals surface area (Å²) in [4.78, 5) is 51.1. The van der Waals surface area contributed by atoms with Crippen LogP contribution in [0.1, 0.15) is 120 Å². The molecule has 1 aliphatic carbocycles. The third-order valence-corrected chi connectivity index (χ3v) is 10.4. The van der Waals surface area contributed by atoms with Gasteiger partial charge in [0.1, 0.15) is 23.7 Å². The summed E-state index contributed by atoms with van der Waals surface area (Å²) < 4.78 is 23.9. The van der Waals surface area contributed by atoms with Gasteiger partial charge in [-0.25, -0.2) is 9.59 Å². The van der Waals surface area contributed by atoms with Gasteiger partial charge in [-0.05, 0) is 119 Å². The van der Waals surface area contributed by atoms with Crippen molar-refractivity contribution in [2.45, 2.75) is 143 Å². The van der Waals surface area contributed by atoms with Gasteiger partial charge in [0.25, 0.3) is 0 Å². The Morgan fingerprint density at radius 3 is 1.88 bits per heavy atom. The monoisotopic (exact) mass is 660 g/mol. The van der Waals surface area contributed by atoms with Gasteiger partial charge in [0.2, 0.25) is 11.6 Å². The molecule has 48 heavy (non-hydrogen) atoms. The zero-order valence-corrected chi connectivity index (χ0v) is 30.0. The van der Waals surface area contributed by atoms with Crippen molar-refractivity contribution in [1.82, 2.24) is 0 Å². The van der Waals surface area contributed by atoms with Gasteiger partial charge in [-0.15, -0.1) is 0 Å². The van der Waals surface area contributed by atoms with Gasteiger partial charge in [-0.2, -0.15) is 0 Å². The van der Waals surface area contributed by atoms with Crippen LogP contribution < -0.4 is 0 Å². The van der Waals surface area contributed by atoms with Crippen molar-refractivity contribution >= 4 is 23.5 Å². The van der Waals surface area contributed by atoms with Gasteiger partial charge in [0.05, 0.1) is 11.0 Å². The Kier molecular flexibility index (Phi) is 10.1. The quantitative estimate of drug-likeness (QED) is 0.162. The highest BCUT2D eigenvalue weighted by Gasteiger charge is 2.58. The topological polar surface area (TPSA) is 105 Å². The predicted molar refractivity (Wildman–Crippen MR) is 182 cm³/mol. The summed E-state index contributed by atoms with van der Waals surface area (Å²) in [5, 5.41) is 0. The Morgan fingerprint density at radius 2 is 1.35 bits per heavy atom. The standard InChI is InChI=1S/C40H52O8/c1-24(17-29-19-26(3)21-33(42)45-29)11-9-13-28-14-16-40(32-23-31(41)38(5,6)47-32,35-36(28)48-39(7,8)37(35)44)15-10-12-25(2)18-30-20-27(4)22-34(43)46-30/h17-18,21-23,28-30H,9-16,19-20H2,1-8H3/t28-,29-,30-,40-/m1/s1. The van der Waals surface area contributed by atoms with Crippen molar-refractivity contribution in [3.63, 3.8) is 0 Å². The largest absolute Gasteiger partial charge is 0.483 e. The molecule has 0 radical (unpaired) electrons. The number of allylic oxidation sites excluding steroid dienone is 4. The molecule has 4 heterocycles. The molecule has 260 valence electrons. The summed E-state index contributed by atoms with van der Waals surface area (Å²) in [5.41, 5.74) is 2.24. The lowest BCUT2D eigenvalue weighted by Crippen LogP contribution is -2.39. The maximum atomic E-state index is 14.2. The number of ether oxygens (including phenoxy) is 4. The lowest BCUT2D eigenvalue weighted by molar-refractivity contribution is -0.143. The SMILES string of the molecule is CC(=C[C@@H]1CC(C)=CC(=O)O1)CCC[C@@H]1CC[C@](CCCC(C)=C[C@@H]2CC(C)=CC(=O)O2)(C2=CC(=O)C(C)(C)O2)C2=C1OC(C)(C)C2=O. The van der Waals surface area contributed by atoms with Gasteiger partial charge in [0, 0.05) is 37.0 Å². The molecule has 0 N–H and O–H groups in total. The van der Waals surface area contributed by atoms with Crippen LogP contribution in [0.2, 0.25) is 0 Å². The number of esters is 2. The Labute approximate surface area is 285 Å². The second-order valence-corrected chi connectivity index (χ2v) is 15.6. The number of rotatable bonds is 11. The van der Waals surface area contributed by atoms with Crippen molar-refractivity contribution < 1.29 is 38.1 Å². The number of carbonyl (C=O) groups excluding carboxylic acids is 4. The predicted octanol–water partition coefficient (Wildman–Crippen LogP) is 8.03. The van der Waals surface area contributed by atoms with Crippen LogP contribution in [0, 0.1) is 11.3 Å². The molecule has 5 rings (SSSR count). The number of carbonyl (C=O) groups is 4. The normalized spacial score (nSPS) is 30.2. The average molecular weight is 661 g/mol. The molecule has 5 aliphatic rings. The fourth-order valence-electron chi connectivity index (χ4n) is 7.87. The van der Waals surface area contributed by atoms with E-state index >= 15 is 0 Å². The molecule has 0 saturated carbocycles. The highest BCUT2D eigenvalue weighted by molar-refractivity contribution is 6.06. The van der Waals surface area contributed by atoms with Crippen LogP contribution in [0.4, 0.5) is 0 Å². The summed E-state index contributed by atoms with van der Waals surface area (Å²) in [6.07, 6.45) is 15.9. The molecule has 0 fully saturated rings. The van der Waals surface area contributed by atoms with E-state index in [1.165, 1.54) is 11.6 Å². The first-order valence-corrected chi connectivity index (χ1v) is 17.5. The highest BCUT2D eigenvalue weighted by atomic mass is 16.5. The fraction of sp³-hybridized carbons (Fsp3) is 0.600. The maximum absolute atomic E-state index is 14.2. The van der Waals surface area contributed by atoms with E-state index in [-0.39, 0.29) is 41.6 Å². The van der Waals surface area contributed by atoms with Crippen molar-refractivity contribution in [2.24, 2.45) is 11.3 Å². The second kappa shape index (κ2) is 13.7. The third-order valence-electron chi connectivity index (χ3n) is 10.4. The van der Waals surface area contributed by atoms with Crippen LogP contribution in [-0.4, -0.2) is 46.9 Å². The number of hydrogen-bond donors (Lipinski definition) is 0. The van der Waals surface area contributed by atoms with Crippen molar-refractivity contribution in [3.05, 3.63) is 69.8 Å². The molecule has 0 aromatic heterocycles. The summed E-state index contributed by atoms with van der Waals surface area (Å²) >= 11 is 0. The molecule has 0 unspecified atom stereocenters. The van der Waals surface area contributed by atoms with Crippen LogP contribution in [0.15, 0.2) is 69.8 Å². The lowest BCUT2D eigenvalue weighted by atomic mass is 9.63. The Morgan fingerprint density at radius 1 is 0.792 bits per heavy atom. The molecular formula is C40H52O8. The Bertz CT molecular complexity index is 1560. The fourth-order valence-corrected chi connectivity index (χ4v) is 7.87. The number of Topliss-reactive ketones (excluding diaryl/α,β-unsaturated/α-hetero) is 1. The number of ketones is 2. The molecule has 8 nitrogen and oxygen atoms in total. The van der Waals surface area contributed by atoms with Crippen LogP contribution in [0.3, 0.4) is 0 Å². The van der Waals surface area contributed by atoms with E-state index in [1.54, 1.807) is 26.0 Å². The Balaban J connectivity index is 1.36. The van der Waals surface area contributed by atoms with Gasteiger partial charge in [-0.1, -0.05) is 22.3 Å².